The van der Waals surface area contributed by atoms with E-state index < -0.39 is 0 Å². The molecule has 0 saturated heterocycles. The summed E-state index contributed by atoms with van der Waals surface area (Å²) in [7, 11) is 0. The van der Waals surface area contributed by atoms with Crippen LogP contribution < -0.4 is 0 Å². The molecule has 0 N–H and O–H groups in total. The summed E-state index contributed by atoms with van der Waals surface area (Å²) < 4.78 is 0. The molecule has 1 heteroatoms. The van der Waals surface area contributed by atoms with Crippen molar-refractivity contribution in [2.75, 3.05) is 0 Å². The molecule has 0 fully saturated rings. The van der Waals surface area contributed by atoms with E-state index >= 15 is 0 Å². The first-order valence-electron chi connectivity index (χ1n) is 6.69. The molecule has 1 aromatic rings. The highest BCUT2D eigenvalue weighted by Crippen LogP contribution is 2.30. The van der Waals surface area contributed by atoms with Crippen molar-refractivity contribution in [3.05, 3.63) is 47.0 Å². The molecule has 1 nitrogen and oxygen atoms in total. The predicted octanol–water partition coefficient (Wildman–Crippen LogP) is 3.51. The second-order valence-corrected chi connectivity index (χ2v) is 5.11. The van der Waals surface area contributed by atoms with E-state index in [2.05, 4.69) is 37.3 Å². The Morgan fingerprint density at radius 1 is 1.29 bits per heavy atom. The van der Waals surface area contributed by atoms with Crippen LogP contribution in [-0.4, -0.2) is 11.8 Å². The Hall–Kier alpha value is -1.37. The number of unbranched alkanes of at least 4 members (excludes halogenated alkanes) is 1. The van der Waals surface area contributed by atoms with Crippen molar-refractivity contribution >= 4 is 5.71 Å². The minimum atomic E-state index is 0.509. The summed E-state index contributed by atoms with van der Waals surface area (Å²) >= 11 is 0. The van der Waals surface area contributed by atoms with E-state index in [0.29, 0.717) is 6.04 Å². The highest BCUT2D eigenvalue weighted by Gasteiger charge is 2.26. The Morgan fingerprint density at radius 2 is 2.18 bits per heavy atom. The van der Waals surface area contributed by atoms with Gasteiger partial charge in [0.2, 0.25) is 0 Å². The fourth-order valence-corrected chi connectivity index (χ4v) is 2.92. The van der Waals surface area contributed by atoms with Gasteiger partial charge in [-0.05, 0) is 42.0 Å². The van der Waals surface area contributed by atoms with Crippen molar-refractivity contribution in [1.82, 2.24) is 0 Å². The van der Waals surface area contributed by atoms with Crippen LogP contribution in [0.3, 0.4) is 0 Å². The molecule has 88 valence electrons. The molecule has 1 atom stereocenters. The molecule has 0 aromatic heterocycles. The van der Waals surface area contributed by atoms with E-state index in [1.54, 1.807) is 5.56 Å². The summed E-state index contributed by atoms with van der Waals surface area (Å²) in [5.41, 5.74) is 5.90. The molecular formula is C16H19N. The van der Waals surface area contributed by atoms with Gasteiger partial charge in [-0.3, -0.25) is 4.99 Å². The van der Waals surface area contributed by atoms with Crippen LogP contribution in [0.1, 0.15) is 36.5 Å². The number of allylic oxidation sites excluding steroid dienone is 2. The minimum Gasteiger partial charge on any atom is -0.285 e. The number of aliphatic imine (C=N–C) groups is 1. The molecule has 0 saturated carbocycles. The van der Waals surface area contributed by atoms with Crippen LogP contribution in [0.2, 0.25) is 0 Å². The van der Waals surface area contributed by atoms with Crippen LogP contribution in [-0.2, 0) is 19.3 Å². The van der Waals surface area contributed by atoms with Gasteiger partial charge >= 0.3 is 0 Å². The number of benzene rings is 1. The summed E-state index contributed by atoms with van der Waals surface area (Å²) in [4.78, 5) is 4.90. The molecule has 0 radical (unpaired) electrons. The van der Waals surface area contributed by atoms with Crippen LogP contribution >= 0.6 is 0 Å². The van der Waals surface area contributed by atoms with Gasteiger partial charge in [0, 0.05) is 12.1 Å². The quantitative estimate of drug-likeness (QED) is 0.746. The second kappa shape index (κ2) is 4.48. The van der Waals surface area contributed by atoms with Crippen molar-refractivity contribution in [2.45, 2.75) is 45.1 Å². The minimum absolute atomic E-state index is 0.509. The van der Waals surface area contributed by atoms with Gasteiger partial charge in [-0.1, -0.05) is 37.6 Å². The lowest BCUT2D eigenvalue weighted by molar-refractivity contribution is 0.727. The molecule has 1 heterocycles. The lowest BCUT2D eigenvalue weighted by Gasteiger charge is -2.09. The number of fused-ring (bicyclic) bond motifs is 1. The van der Waals surface area contributed by atoms with Crippen LogP contribution in [0.4, 0.5) is 0 Å². The maximum Gasteiger partial charge on any atom is 0.0583 e. The summed E-state index contributed by atoms with van der Waals surface area (Å²) in [5.74, 6) is 0. The van der Waals surface area contributed by atoms with Crippen LogP contribution in [0, 0.1) is 0 Å². The Kier molecular flexibility index (Phi) is 2.84. The van der Waals surface area contributed by atoms with Crippen molar-refractivity contribution in [3.8, 4) is 0 Å². The molecule has 0 spiro atoms. The van der Waals surface area contributed by atoms with E-state index in [1.165, 1.54) is 23.3 Å². The van der Waals surface area contributed by atoms with Crippen molar-refractivity contribution in [1.29, 1.82) is 0 Å². The third kappa shape index (κ3) is 2.06. The number of nitrogens with zero attached hydrogens (tertiary/aromatic N) is 1. The Bertz CT molecular complexity index is 482. The standard InChI is InChI=1S/C16H19N/c1-2-3-4-8-14-9-12-6-5-7-13-10-15(17-14)11-16(12)13/h4-8,15H,2-3,9-11H2,1H3/b8-4-. The van der Waals surface area contributed by atoms with Gasteiger partial charge < -0.3 is 0 Å². The third-order valence-corrected chi connectivity index (χ3v) is 3.75. The van der Waals surface area contributed by atoms with Gasteiger partial charge in [-0.25, -0.2) is 0 Å². The molecule has 17 heavy (non-hydrogen) atoms. The average Bonchev–Trinajstić information content (AvgIpc) is 2.64. The molecule has 2 aliphatic rings. The largest absolute Gasteiger partial charge is 0.285 e. The normalized spacial score (nSPS) is 21.7. The zero-order valence-corrected chi connectivity index (χ0v) is 10.4. The first kappa shape index (κ1) is 10.8. The highest BCUT2D eigenvalue weighted by molar-refractivity contribution is 5.97. The highest BCUT2D eigenvalue weighted by atomic mass is 14.8. The topological polar surface area (TPSA) is 12.4 Å². The van der Waals surface area contributed by atoms with E-state index in [9.17, 15) is 0 Å². The Balaban J connectivity index is 1.89. The lowest BCUT2D eigenvalue weighted by atomic mass is 9.99. The van der Waals surface area contributed by atoms with E-state index in [0.717, 1.165) is 25.7 Å². The molecule has 1 aliphatic heterocycles. The second-order valence-electron chi connectivity index (χ2n) is 5.11. The third-order valence-electron chi connectivity index (χ3n) is 3.75. The Labute approximate surface area is 103 Å². The average molecular weight is 225 g/mol. The van der Waals surface area contributed by atoms with E-state index in [1.807, 2.05) is 0 Å². The van der Waals surface area contributed by atoms with Gasteiger partial charge in [-0.15, -0.1) is 0 Å². The van der Waals surface area contributed by atoms with Crippen LogP contribution in [0.25, 0.3) is 0 Å². The SMILES string of the molecule is CCC/C=C\C1=NC2Cc3cccc(c3C2)C1. The summed E-state index contributed by atoms with van der Waals surface area (Å²) in [6.45, 7) is 2.22. The van der Waals surface area contributed by atoms with Crippen LogP contribution in [0.5, 0.6) is 0 Å². The molecule has 1 aromatic carbocycles. The molecular weight excluding hydrogens is 206 g/mol. The molecule has 3 rings (SSSR count). The molecule has 0 amide bonds. The first-order valence-corrected chi connectivity index (χ1v) is 6.69. The smallest absolute Gasteiger partial charge is 0.0583 e. The monoisotopic (exact) mass is 225 g/mol. The van der Waals surface area contributed by atoms with Gasteiger partial charge in [0.05, 0.1) is 6.04 Å². The fourth-order valence-electron chi connectivity index (χ4n) is 2.92. The summed E-state index contributed by atoms with van der Waals surface area (Å²) in [5, 5.41) is 0. The van der Waals surface area contributed by atoms with Gasteiger partial charge in [-0.2, -0.15) is 0 Å². The zero-order chi connectivity index (χ0) is 11.7. The molecule has 2 bridgehead atoms. The number of hydrogen-bond donors (Lipinski definition) is 0. The molecule has 1 aliphatic carbocycles. The lowest BCUT2D eigenvalue weighted by Crippen LogP contribution is -2.08. The van der Waals surface area contributed by atoms with E-state index in [-0.39, 0.29) is 0 Å². The Morgan fingerprint density at radius 3 is 3.06 bits per heavy atom. The first-order chi connectivity index (χ1) is 8.36. The fraction of sp³-hybridized carbons (Fsp3) is 0.438. The number of hydrogen-bond acceptors (Lipinski definition) is 1. The zero-order valence-electron chi connectivity index (χ0n) is 10.4. The molecule has 1 unspecified atom stereocenters. The van der Waals surface area contributed by atoms with Crippen LogP contribution in [0.15, 0.2) is 35.3 Å². The van der Waals surface area contributed by atoms with Crippen molar-refractivity contribution in [2.24, 2.45) is 4.99 Å². The summed E-state index contributed by atoms with van der Waals surface area (Å²) in [6.07, 6.45) is 10.2. The van der Waals surface area contributed by atoms with Crippen molar-refractivity contribution in [3.63, 3.8) is 0 Å². The van der Waals surface area contributed by atoms with Gasteiger partial charge in [0.1, 0.15) is 0 Å². The van der Waals surface area contributed by atoms with Gasteiger partial charge in [0.15, 0.2) is 0 Å². The maximum atomic E-state index is 4.90. The van der Waals surface area contributed by atoms with Gasteiger partial charge in [0.25, 0.3) is 0 Å². The van der Waals surface area contributed by atoms with E-state index in [4.69, 9.17) is 4.99 Å². The maximum absolute atomic E-state index is 4.90. The summed E-state index contributed by atoms with van der Waals surface area (Å²) in [6, 6.07) is 7.26. The predicted molar refractivity (Wildman–Crippen MR) is 72.8 cm³/mol. The van der Waals surface area contributed by atoms with Crippen molar-refractivity contribution < 1.29 is 0 Å². The number of rotatable bonds is 3.